The Morgan fingerprint density at radius 3 is 2.87 bits per heavy atom. The number of benzene rings is 1. The number of carbonyl (C=O) groups excluding carboxylic acids is 1. The highest BCUT2D eigenvalue weighted by Crippen LogP contribution is 2.24. The largest absolute Gasteiger partial charge is 0.481 e. The molecule has 1 aromatic carbocycles. The molecule has 1 amide bonds. The number of likely N-dealkylation sites (tertiary alicyclic amines) is 1. The van der Waals surface area contributed by atoms with Gasteiger partial charge in [0.15, 0.2) is 0 Å². The van der Waals surface area contributed by atoms with Gasteiger partial charge in [-0.3, -0.25) is 9.59 Å². The summed E-state index contributed by atoms with van der Waals surface area (Å²) in [7, 11) is 0. The number of aromatic nitrogens is 1. The molecule has 0 saturated carbocycles. The van der Waals surface area contributed by atoms with E-state index < -0.39 is 11.9 Å². The number of amides is 1. The summed E-state index contributed by atoms with van der Waals surface area (Å²) in [5.41, 5.74) is 4.14. The molecule has 3 N–H and O–H groups in total. The van der Waals surface area contributed by atoms with Crippen LogP contribution in [0.25, 0.3) is 0 Å². The number of pyridine rings is 1. The molecule has 2 aromatic rings. The number of carboxylic acid groups (broad SMARTS) is 1. The number of carboxylic acids is 1. The molecular formula is C30H41N5O4. The molecule has 210 valence electrons. The lowest BCUT2D eigenvalue weighted by Crippen LogP contribution is -2.44. The normalized spacial score (nSPS) is 20.5. The number of carbonyl (C=O) groups is 2. The quantitative estimate of drug-likeness (QED) is 0.427. The molecule has 2 saturated heterocycles. The Bertz CT molecular complexity index is 1140. The fraction of sp³-hybridized carbons (Fsp3) is 0.567. The van der Waals surface area contributed by atoms with Crippen molar-refractivity contribution in [1.29, 1.82) is 0 Å². The molecule has 39 heavy (non-hydrogen) atoms. The second kappa shape index (κ2) is 13.3. The number of aryl methyl sites for hydroxylation is 2. The first-order chi connectivity index (χ1) is 19.1. The Kier molecular flexibility index (Phi) is 9.32. The minimum absolute atomic E-state index is 0.0438. The van der Waals surface area contributed by atoms with Crippen molar-refractivity contribution in [3.05, 3.63) is 53.2 Å². The van der Waals surface area contributed by atoms with Gasteiger partial charge in [-0.05, 0) is 80.9 Å². The molecule has 9 heteroatoms. The lowest BCUT2D eigenvalue weighted by atomic mass is 9.95. The number of hydrogen-bond donors (Lipinski definition) is 3. The summed E-state index contributed by atoms with van der Waals surface area (Å²) < 4.78 is 5.44. The maximum absolute atomic E-state index is 13.1. The van der Waals surface area contributed by atoms with E-state index in [0.717, 1.165) is 95.0 Å². The van der Waals surface area contributed by atoms with Gasteiger partial charge >= 0.3 is 5.97 Å². The van der Waals surface area contributed by atoms with Gasteiger partial charge < -0.3 is 30.3 Å². The number of fused-ring (bicyclic) bond motifs is 1. The molecular weight excluding hydrogens is 494 g/mol. The maximum atomic E-state index is 13.1. The summed E-state index contributed by atoms with van der Waals surface area (Å²) in [6.07, 6.45) is 6.00. The summed E-state index contributed by atoms with van der Waals surface area (Å²) in [5.74, 6) is -0.823. The molecule has 9 nitrogen and oxygen atoms in total. The highest BCUT2D eigenvalue weighted by atomic mass is 16.5. The van der Waals surface area contributed by atoms with Gasteiger partial charge in [0.05, 0.1) is 25.0 Å². The molecule has 0 unspecified atom stereocenters. The van der Waals surface area contributed by atoms with Crippen LogP contribution in [0.1, 0.15) is 48.4 Å². The van der Waals surface area contributed by atoms with Crippen LogP contribution in [0, 0.1) is 5.92 Å². The van der Waals surface area contributed by atoms with E-state index in [0.29, 0.717) is 18.8 Å². The van der Waals surface area contributed by atoms with Crippen LogP contribution < -0.4 is 15.5 Å². The number of ether oxygens (including phenoxy) is 1. The van der Waals surface area contributed by atoms with Gasteiger partial charge in [0.1, 0.15) is 5.82 Å². The van der Waals surface area contributed by atoms with Crippen molar-refractivity contribution >= 4 is 23.4 Å². The third-order valence-electron chi connectivity index (χ3n) is 8.16. The van der Waals surface area contributed by atoms with Crippen molar-refractivity contribution < 1.29 is 19.4 Å². The zero-order chi connectivity index (χ0) is 27.0. The van der Waals surface area contributed by atoms with Crippen LogP contribution in [-0.2, 0) is 27.2 Å². The van der Waals surface area contributed by atoms with Crippen LogP contribution in [0.3, 0.4) is 0 Å². The number of nitrogens with zero attached hydrogens (tertiary/aromatic N) is 3. The van der Waals surface area contributed by atoms with Crippen LogP contribution in [0.4, 0.5) is 11.5 Å². The number of hydrogen-bond acceptors (Lipinski definition) is 7. The number of rotatable bonds is 10. The maximum Gasteiger partial charge on any atom is 0.312 e. The Balaban J connectivity index is 1.10. The highest BCUT2D eigenvalue weighted by Gasteiger charge is 2.28. The molecule has 0 aliphatic carbocycles. The summed E-state index contributed by atoms with van der Waals surface area (Å²) in [4.78, 5) is 34.6. The fourth-order valence-electron chi connectivity index (χ4n) is 5.92. The minimum Gasteiger partial charge on any atom is -0.481 e. The van der Waals surface area contributed by atoms with Crippen molar-refractivity contribution in [2.24, 2.45) is 5.92 Å². The number of piperidine rings is 1. The number of morpholine rings is 1. The standard InChI is InChI=1S/C30H41N5O4/c36-29(32-20-27(30(37)38)23-5-1-9-26(19-23)35-15-17-39-18-16-35)24-7-3-13-34(21-24)14-4-8-25-11-10-22-6-2-12-31-28(22)33-25/h1,5,9-11,19,24,27H,2-4,6-8,12-18,20-21H2,(H,31,33)(H,32,36)(H,37,38)/t24-,27+/m1/s1. The van der Waals surface area contributed by atoms with E-state index >= 15 is 0 Å². The van der Waals surface area contributed by atoms with Gasteiger partial charge in [0.25, 0.3) is 0 Å². The molecule has 4 heterocycles. The number of aliphatic carboxylic acids is 1. The lowest BCUT2D eigenvalue weighted by molar-refractivity contribution is -0.138. The van der Waals surface area contributed by atoms with Gasteiger partial charge in [-0.25, -0.2) is 4.98 Å². The summed E-state index contributed by atoms with van der Waals surface area (Å²) >= 11 is 0. The smallest absolute Gasteiger partial charge is 0.312 e. The first kappa shape index (κ1) is 27.4. The molecule has 2 fully saturated rings. The van der Waals surface area contributed by atoms with Crippen molar-refractivity contribution in [3.63, 3.8) is 0 Å². The Hall–Kier alpha value is -3.17. The molecule has 1 aromatic heterocycles. The lowest BCUT2D eigenvalue weighted by Gasteiger charge is -2.32. The summed E-state index contributed by atoms with van der Waals surface area (Å²) in [6, 6.07) is 12.0. The van der Waals surface area contributed by atoms with Gasteiger partial charge in [-0.15, -0.1) is 0 Å². The van der Waals surface area contributed by atoms with E-state index in [1.165, 1.54) is 5.56 Å². The van der Waals surface area contributed by atoms with Crippen molar-refractivity contribution in [3.8, 4) is 0 Å². The third kappa shape index (κ3) is 7.28. The third-order valence-corrected chi connectivity index (χ3v) is 8.16. The van der Waals surface area contributed by atoms with Gasteiger partial charge in [-0.1, -0.05) is 18.2 Å². The van der Waals surface area contributed by atoms with E-state index in [2.05, 4.69) is 32.6 Å². The van der Waals surface area contributed by atoms with E-state index in [1.807, 2.05) is 24.3 Å². The second-order valence-corrected chi connectivity index (χ2v) is 10.9. The van der Waals surface area contributed by atoms with Crippen molar-refractivity contribution in [2.45, 2.75) is 44.4 Å². The van der Waals surface area contributed by atoms with Gasteiger partial charge in [-0.2, -0.15) is 0 Å². The predicted octanol–water partition coefficient (Wildman–Crippen LogP) is 2.91. The number of anilines is 2. The molecule has 0 spiro atoms. The highest BCUT2D eigenvalue weighted by molar-refractivity contribution is 5.81. The van der Waals surface area contributed by atoms with Crippen LogP contribution in [-0.4, -0.2) is 85.9 Å². The average molecular weight is 536 g/mol. The van der Waals surface area contributed by atoms with Gasteiger partial charge in [0, 0.05) is 44.1 Å². The van der Waals surface area contributed by atoms with Crippen LogP contribution in [0.2, 0.25) is 0 Å². The Labute approximate surface area is 230 Å². The fourth-order valence-corrected chi connectivity index (χ4v) is 5.92. The zero-order valence-corrected chi connectivity index (χ0v) is 22.7. The Morgan fingerprint density at radius 2 is 2.03 bits per heavy atom. The first-order valence-electron chi connectivity index (χ1n) is 14.4. The predicted molar refractivity (Wildman–Crippen MR) is 151 cm³/mol. The summed E-state index contributed by atoms with van der Waals surface area (Å²) in [6.45, 7) is 6.65. The van der Waals surface area contributed by atoms with Crippen LogP contribution >= 0.6 is 0 Å². The molecule has 0 radical (unpaired) electrons. The molecule has 2 atom stereocenters. The SMILES string of the molecule is O=C(NC[C@H](C(=O)O)c1cccc(N2CCOCC2)c1)[C@@H]1CCCN(CCCc2ccc3c(n2)NCCC3)C1. The first-order valence-corrected chi connectivity index (χ1v) is 14.4. The minimum atomic E-state index is -0.925. The summed E-state index contributed by atoms with van der Waals surface area (Å²) in [5, 5.41) is 16.3. The van der Waals surface area contributed by atoms with Crippen LogP contribution in [0.5, 0.6) is 0 Å². The van der Waals surface area contributed by atoms with Crippen LogP contribution in [0.15, 0.2) is 36.4 Å². The molecule has 5 rings (SSSR count). The van der Waals surface area contributed by atoms with Gasteiger partial charge in [0.2, 0.25) is 5.91 Å². The van der Waals surface area contributed by atoms with Crippen molar-refractivity contribution in [1.82, 2.24) is 15.2 Å². The Morgan fingerprint density at radius 1 is 1.15 bits per heavy atom. The van der Waals surface area contributed by atoms with E-state index in [-0.39, 0.29) is 18.4 Å². The second-order valence-electron chi connectivity index (χ2n) is 10.9. The molecule has 0 bridgehead atoms. The zero-order valence-electron chi connectivity index (χ0n) is 22.7. The molecule has 3 aliphatic rings. The van der Waals surface area contributed by atoms with E-state index in [1.54, 1.807) is 0 Å². The number of nitrogens with one attached hydrogen (secondary N) is 2. The van der Waals surface area contributed by atoms with Crippen molar-refractivity contribution in [2.75, 3.05) is 69.2 Å². The van der Waals surface area contributed by atoms with E-state index in [4.69, 9.17) is 9.72 Å². The topological polar surface area (TPSA) is 107 Å². The van der Waals surface area contributed by atoms with E-state index in [9.17, 15) is 14.7 Å². The monoisotopic (exact) mass is 535 g/mol. The molecule has 3 aliphatic heterocycles. The average Bonchev–Trinajstić information content (AvgIpc) is 2.98.